The van der Waals surface area contributed by atoms with Gasteiger partial charge in [-0.25, -0.2) is 9.18 Å². The van der Waals surface area contributed by atoms with Gasteiger partial charge in [-0.3, -0.25) is 0 Å². The van der Waals surface area contributed by atoms with Crippen molar-refractivity contribution in [2.24, 2.45) is 0 Å². The van der Waals surface area contributed by atoms with Crippen LogP contribution in [-0.2, 0) is 6.61 Å². The number of carboxylic acids is 1. The van der Waals surface area contributed by atoms with E-state index in [4.69, 9.17) is 9.84 Å². The monoisotopic (exact) mass is 338 g/mol. The minimum Gasteiger partial charge on any atom is -0.488 e. The molecule has 0 heterocycles. The zero-order valence-electron chi connectivity index (χ0n) is 10.7. The number of hydrogen-bond donors (Lipinski definition) is 1. The molecule has 0 unspecified atom stereocenters. The van der Waals surface area contributed by atoms with Crippen LogP contribution in [0.25, 0.3) is 0 Å². The van der Waals surface area contributed by atoms with Gasteiger partial charge in [0.25, 0.3) is 0 Å². The van der Waals surface area contributed by atoms with Crippen molar-refractivity contribution in [3.63, 3.8) is 0 Å². The fraction of sp³-hybridized carbons (Fsp3) is 0.133. The normalized spacial score (nSPS) is 10.3. The largest absolute Gasteiger partial charge is 0.488 e. The number of aromatic carboxylic acids is 1. The maximum atomic E-state index is 13.1. The van der Waals surface area contributed by atoms with Crippen LogP contribution in [0.15, 0.2) is 40.9 Å². The molecule has 2 rings (SSSR count). The Kier molecular flexibility index (Phi) is 4.39. The zero-order chi connectivity index (χ0) is 14.7. The lowest BCUT2D eigenvalue weighted by Crippen LogP contribution is -2.05. The molecule has 1 N–H and O–H groups in total. The second kappa shape index (κ2) is 6.05. The quantitative estimate of drug-likeness (QED) is 0.909. The van der Waals surface area contributed by atoms with Gasteiger partial charge in [-0.1, -0.05) is 18.2 Å². The topological polar surface area (TPSA) is 46.5 Å². The molecule has 0 bridgehead atoms. The Hall–Kier alpha value is -1.88. The van der Waals surface area contributed by atoms with Gasteiger partial charge in [0, 0.05) is 0 Å². The number of para-hydroxylation sites is 1. The van der Waals surface area contributed by atoms with E-state index in [1.807, 2.05) is 0 Å². The number of carbonyl (C=O) groups is 1. The summed E-state index contributed by atoms with van der Waals surface area (Å²) in [5, 5.41) is 9.13. The smallest absolute Gasteiger partial charge is 0.339 e. The van der Waals surface area contributed by atoms with E-state index in [0.29, 0.717) is 10.2 Å². The van der Waals surface area contributed by atoms with Crippen LogP contribution in [0, 0.1) is 12.7 Å². The van der Waals surface area contributed by atoms with Crippen LogP contribution in [0.2, 0.25) is 0 Å². The first-order chi connectivity index (χ1) is 9.49. The van der Waals surface area contributed by atoms with Gasteiger partial charge in [-0.05, 0) is 52.2 Å². The molecule has 5 heteroatoms. The summed E-state index contributed by atoms with van der Waals surface area (Å²) >= 11 is 3.10. The molecular formula is C15H12BrFO3. The van der Waals surface area contributed by atoms with Crippen molar-refractivity contribution < 1.29 is 19.0 Å². The van der Waals surface area contributed by atoms with Crippen molar-refractivity contribution in [1.29, 1.82) is 0 Å². The number of hydrogen-bond acceptors (Lipinski definition) is 2. The number of aryl methyl sites for hydroxylation is 1. The molecule has 0 atom stereocenters. The van der Waals surface area contributed by atoms with Crippen LogP contribution >= 0.6 is 15.9 Å². The van der Waals surface area contributed by atoms with Crippen molar-refractivity contribution in [3.8, 4) is 5.75 Å². The van der Waals surface area contributed by atoms with Gasteiger partial charge in [0.2, 0.25) is 0 Å². The predicted octanol–water partition coefficient (Wildman–Crippen LogP) is 4.17. The molecule has 0 saturated carbocycles. The summed E-state index contributed by atoms with van der Waals surface area (Å²) in [4.78, 5) is 11.1. The van der Waals surface area contributed by atoms with Gasteiger partial charge in [0.1, 0.15) is 23.7 Å². The first kappa shape index (κ1) is 14.5. The van der Waals surface area contributed by atoms with Crippen molar-refractivity contribution in [2.75, 3.05) is 0 Å². The lowest BCUT2D eigenvalue weighted by atomic mass is 10.1. The lowest BCUT2D eigenvalue weighted by molar-refractivity contribution is 0.0691. The predicted molar refractivity (Wildman–Crippen MR) is 76.6 cm³/mol. The molecule has 0 aliphatic carbocycles. The van der Waals surface area contributed by atoms with Gasteiger partial charge in [-0.15, -0.1) is 0 Å². The zero-order valence-corrected chi connectivity index (χ0v) is 12.3. The van der Waals surface area contributed by atoms with E-state index in [1.54, 1.807) is 31.2 Å². The van der Waals surface area contributed by atoms with Gasteiger partial charge < -0.3 is 9.84 Å². The molecule has 3 nitrogen and oxygen atoms in total. The average molecular weight is 339 g/mol. The van der Waals surface area contributed by atoms with E-state index in [1.165, 1.54) is 12.1 Å². The number of benzene rings is 2. The standard InChI is InChI=1S/C15H12BrFO3/c1-9-3-2-4-11(15(18)19)14(9)20-8-10-5-6-13(17)12(16)7-10/h2-7H,8H2,1H3,(H,18,19). The number of halogens is 2. The van der Waals surface area contributed by atoms with Crippen LogP contribution in [0.3, 0.4) is 0 Å². The first-order valence-electron chi connectivity index (χ1n) is 5.88. The van der Waals surface area contributed by atoms with Crippen LogP contribution < -0.4 is 4.74 Å². The molecule has 20 heavy (non-hydrogen) atoms. The Balaban J connectivity index is 2.22. The molecule has 0 amide bonds. The molecular weight excluding hydrogens is 327 g/mol. The van der Waals surface area contributed by atoms with Gasteiger partial charge in [0.05, 0.1) is 4.47 Å². The second-order valence-electron chi connectivity index (χ2n) is 4.29. The van der Waals surface area contributed by atoms with Crippen molar-refractivity contribution in [3.05, 3.63) is 63.4 Å². The van der Waals surface area contributed by atoms with Gasteiger partial charge >= 0.3 is 5.97 Å². The van der Waals surface area contributed by atoms with Gasteiger partial charge in [0.15, 0.2) is 0 Å². The molecule has 0 spiro atoms. The Morgan fingerprint density at radius 2 is 2.10 bits per heavy atom. The van der Waals surface area contributed by atoms with Crippen LogP contribution in [0.5, 0.6) is 5.75 Å². The fourth-order valence-electron chi connectivity index (χ4n) is 1.80. The summed E-state index contributed by atoms with van der Waals surface area (Å²) in [7, 11) is 0. The Morgan fingerprint density at radius 3 is 2.75 bits per heavy atom. The molecule has 104 valence electrons. The van der Waals surface area contributed by atoms with E-state index in [-0.39, 0.29) is 18.0 Å². The molecule has 0 aliphatic rings. The van der Waals surface area contributed by atoms with Crippen LogP contribution in [0.4, 0.5) is 4.39 Å². The minimum absolute atomic E-state index is 0.117. The van der Waals surface area contributed by atoms with Crippen molar-refractivity contribution in [2.45, 2.75) is 13.5 Å². The number of rotatable bonds is 4. The highest BCUT2D eigenvalue weighted by Gasteiger charge is 2.13. The molecule has 2 aromatic carbocycles. The van der Waals surface area contributed by atoms with Crippen LogP contribution in [0.1, 0.15) is 21.5 Å². The summed E-state index contributed by atoms with van der Waals surface area (Å²) in [6, 6.07) is 9.47. The summed E-state index contributed by atoms with van der Waals surface area (Å²) in [6.07, 6.45) is 0. The summed E-state index contributed by atoms with van der Waals surface area (Å²) in [5.41, 5.74) is 1.61. The summed E-state index contributed by atoms with van der Waals surface area (Å²) < 4.78 is 19.1. The molecule has 0 radical (unpaired) electrons. The van der Waals surface area contributed by atoms with E-state index < -0.39 is 5.97 Å². The second-order valence-corrected chi connectivity index (χ2v) is 5.15. The highest BCUT2D eigenvalue weighted by atomic mass is 79.9. The Labute approximate surface area is 124 Å². The summed E-state index contributed by atoms with van der Waals surface area (Å²) in [5.74, 6) is -1.06. The van der Waals surface area contributed by atoms with Crippen LogP contribution in [-0.4, -0.2) is 11.1 Å². The maximum Gasteiger partial charge on any atom is 0.339 e. The highest BCUT2D eigenvalue weighted by Crippen LogP contribution is 2.25. The molecule has 0 aliphatic heterocycles. The Morgan fingerprint density at radius 1 is 1.35 bits per heavy atom. The van der Waals surface area contributed by atoms with Crippen molar-refractivity contribution >= 4 is 21.9 Å². The SMILES string of the molecule is Cc1cccc(C(=O)O)c1OCc1ccc(F)c(Br)c1. The average Bonchev–Trinajstić information content (AvgIpc) is 2.40. The molecule has 0 saturated heterocycles. The number of carboxylic acid groups (broad SMARTS) is 1. The Bertz CT molecular complexity index is 656. The number of ether oxygens (including phenoxy) is 1. The van der Waals surface area contributed by atoms with E-state index in [9.17, 15) is 9.18 Å². The van der Waals surface area contributed by atoms with E-state index >= 15 is 0 Å². The first-order valence-corrected chi connectivity index (χ1v) is 6.68. The van der Waals surface area contributed by atoms with Crippen molar-refractivity contribution in [1.82, 2.24) is 0 Å². The maximum absolute atomic E-state index is 13.1. The van der Waals surface area contributed by atoms with E-state index in [0.717, 1.165) is 11.1 Å². The molecule has 0 fully saturated rings. The fourth-order valence-corrected chi connectivity index (χ4v) is 2.22. The molecule has 2 aromatic rings. The summed E-state index contributed by atoms with van der Waals surface area (Å²) in [6.45, 7) is 1.95. The lowest BCUT2D eigenvalue weighted by Gasteiger charge is -2.12. The highest BCUT2D eigenvalue weighted by molar-refractivity contribution is 9.10. The molecule has 0 aromatic heterocycles. The minimum atomic E-state index is -1.04. The van der Waals surface area contributed by atoms with E-state index in [2.05, 4.69) is 15.9 Å². The van der Waals surface area contributed by atoms with Gasteiger partial charge in [-0.2, -0.15) is 0 Å². The third-order valence-electron chi connectivity index (χ3n) is 2.81. The third kappa shape index (κ3) is 3.17. The third-order valence-corrected chi connectivity index (χ3v) is 3.42.